The summed E-state index contributed by atoms with van der Waals surface area (Å²) >= 11 is 0. The Kier molecular flexibility index (Phi) is 59.0. The lowest BCUT2D eigenvalue weighted by Gasteiger charge is -2.21. The van der Waals surface area contributed by atoms with E-state index in [1.807, 2.05) is 0 Å². The molecule has 516 valence electrons. The molecule has 0 bridgehead atoms. The van der Waals surface area contributed by atoms with Crippen LogP contribution in [-0.4, -0.2) is 96.7 Å². The van der Waals surface area contributed by atoms with Crippen LogP contribution in [0.5, 0.6) is 0 Å². The molecular weight excluding hydrogens is 1150 g/mol. The van der Waals surface area contributed by atoms with Crippen molar-refractivity contribution in [1.82, 2.24) is 0 Å². The van der Waals surface area contributed by atoms with Crippen LogP contribution in [-0.2, 0) is 65.4 Å². The normalized spacial score (nSPS) is 14.5. The summed E-state index contributed by atoms with van der Waals surface area (Å²) in [6.07, 6.45) is 44.7. The molecule has 87 heavy (non-hydrogen) atoms. The Bertz CT molecular complexity index is 1700. The van der Waals surface area contributed by atoms with Gasteiger partial charge in [-0.2, -0.15) is 0 Å². The van der Waals surface area contributed by atoms with Crippen LogP contribution in [0, 0.1) is 11.8 Å². The number of esters is 4. The van der Waals surface area contributed by atoms with Crippen molar-refractivity contribution >= 4 is 39.5 Å². The third-order valence-corrected chi connectivity index (χ3v) is 18.0. The molecule has 3 N–H and O–H groups in total. The molecule has 0 rings (SSSR count). The average molecular weight is 1280 g/mol. The Morgan fingerprint density at radius 3 is 0.874 bits per heavy atom. The highest BCUT2D eigenvalue weighted by atomic mass is 31.2. The Morgan fingerprint density at radius 2 is 0.586 bits per heavy atom. The van der Waals surface area contributed by atoms with Crippen molar-refractivity contribution in [1.29, 1.82) is 0 Å². The van der Waals surface area contributed by atoms with E-state index in [2.05, 4.69) is 41.5 Å². The number of aliphatic hydroxyl groups excluding tert-OH is 1. The highest BCUT2D eigenvalue weighted by Gasteiger charge is 2.30. The minimum Gasteiger partial charge on any atom is -0.462 e. The minimum atomic E-state index is -4.95. The Balaban J connectivity index is 5.17. The lowest BCUT2D eigenvalue weighted by atomic mass is 9.99. The van der Waals surface area contributed by atoms with E-state index >= 15 is 0 Å². The van der Waals surface area contributed by atoms with Gasteiger partial charge >= 0.3 is 39.5 Å². The standard InChI is InChI=1S/C68H132O17P2/c1-7-10-12-14-15-16-17-18-21-24-27-33-39-45-51-66(71)79-57-64(85-67(72)52-46-40-34-28-25-22-19-20-23-26-31-37-42-48-60(4)5)59-83-87(76,77)81-55-62(69)54-80-86(74,75)82-58-63(56-78-65(70)50-44-36-13-11-8-2)84-68(73)53-47-41-35-30-29-32-38-43-49-61(6)9-3/h60-64,69H,7-59H2,1-6H3,(H,74,75)(H,76,77)/t61?,62-,63+,64+/m0/s1. The third kappa shape index (κ3) is 61.3. The predicted octanol–water partition coefficient (Wildman–Crippen LogP) is 19.2. The van der Waals surface area contributed by atoms with E-state index in [1.165, 1.54) is 154 Å². The van der Waals surface area contributed by atoms with Gasteiger partial charge in [-0.3, -0.25) is 37.3 Å². The predicted molar refractivity (Wildman–Crippen MR) is 349 cm³/mol. The number of ether oxygens (including phenoxy) is 4. The third-order valence-electron chi connectivity index (χ3n) is 16.1. The SMILES string of the molecule is CCCCCCCCCCCCCCCCC(=O)OC[C@H](COP(=O)(O)OC[C@@H](O)COP(=O)(O)OC[C@@H](COC(=O)CCCCCCC)OC(=O)CCCCCCCCCCC(C)CC)OC(=O)CCCCCCCCCCCCCCCC(C)C. The highest BCUT2D eigenvalue weighted by molar-refractivity contribution is 7.47. The molecule has 0 fully saturated rings. The van der Waals surface area contributed by atoms with E-state index in [0.717, 1.165) is 108 Å². The Labute approximate surface area is 530 Å². The van der Waals surface area contributed by atoms with Crippen LogP contribution in [0.25, 0.3) is 0 Å². The number of aliphatic hydroxyl groups is 1. The second-order valence-electron chi connectivity index (χ2n) is 25.3. The van der Waals surface area contributed by atoms with E-state index in [4.69, 9.17) is 37.0 Å². The van der Waals surface area contributed by atoms with Crippen LogP contribution in [0.15, 0.2) is 0 Å². The number of hydrogen-bond donors (Lipinski definition) is 3. The molecule has 19 heteroatoms. The largest absolute Gasteiger partial charge is 0.472 e. The van der Waals surface area contributed by atoms with E-state index < -0.39 is 97.5 Å². The molecule has 0 aliphatic carbocycles. The first-order chi connectivity index (χ1) is 41.9. The number of hydrogen-bond acceptors (Lipinski definition) is 15. The zero-order valence-corrected chi connectivity index (χ0v) is 58.1. The van der Waals surface area contributed by atoms with Gasteiger partial charge in [0.05, 0.1) is 26.4 Å². The Morgan fingerprint density at radius 1 is 0.333 bits per heavy atom. The number of phosphoric acid groups is 2. The molecule has 0 radical (unpaired) electrons. The molecule has 17 nitrogen and oxygen atoms in total. The van der Waals surface area contributed by atoms with Crippen molar-refractivity contribution in [3.8, 4) is 0 Å². The van der Waals surface area contributed by atoms with Crippen LogP contribution in [0.2, 0.25) is 0 Å². The first kappa shape index (κ1) is 85.1. The Hall–Kier alpha value is -1.94. The van der Waals surface area contributed by atoms with Crippen molar-refractivity contribution < 1.29 is 80.2 Å². The zero-order valence-electron chi connectivity index (χ0n) is 56.3. The van der Waals surface area contributed by atoms with Crippen LogP contribution >= 0.6 is 15.6 Å². The van der Waals surface area contributed by atoms with E-state index in [9.17, 15) is 43.2 Å². The fraction of sp³-hybridized carbons (Fsp3) is 0.941. The molecule has 0 aliphatic rings. The number of rotatable bonds is 67. The zero-order chi connectivity index (χ0) is 64.3. The van der Waals surface area contributed by atoms with Crippen molar-refractivity contribution in [3.05, 3.63) is 0 Å². The minimum absolute atomic E-state index is 0.104. The highest BCUT2D eigenvalue weighted by Crippen LogP contribution is 2.45. The molecule has 0 aromatic rings. The first-order valence-electron chi connectivity index (χ1n) is 35.5. The molecule has 0 heterocycles. The lowest BCUT2D eigenvalue weighted by Crippen LogP contribution is -2.30. The molecule has 0 saturated carbocycles. The van der Waals surface area contributed by atoms with Gasteiger partial charge in [0.1, 0.15) is 19.3 Å². The topological polar surface area (TPSA) is 237 Å². The van der Waals surface area contributed by atoms with Gasteiger partial charge in [0.15, 0.2) is 12.2 Å². The van der Waals surface area contributed by atoms with Gasteiger partial charge in [-0.15, -0.1) is 0 Å². The quantitative estimate of drug-likeness (QED) is 0.0222. The van der Waals surface area contributed by atoms with Gasteiger partial charge in [0.2, 0.25) is 0 Å². The summed E-state index contributed by atoms with van der Waals surface area (Å²) < 4.78 is 68.0. The van der Waals surface area contributed by atoms with Crippen molar-refractivity contribution in [2.24, 2.45) is 11.8 Å². The molecule has 3 unspecified atom stereocenters. The maximum Gasteiger partial charge on any atom is 0.472 e. The summed E-state index contributed by atoms with van der Waals surface area (Å²) in [4.78, 5) is 72.2. The second-order valence-corrected chi connectivity index (χ2v) is 28.2. The summed E-state index contributed by atoms with van der Waals surface area (Å²) in [5, 5.41) is 10.5. The fourth-order valence-corrected chi connectivity index (χ4v) is 11.8. The number of unbranched alkanes of at least 4 members (excludes halogenated alkanes) is 36. The number of carbonyl (C=O) groups is 4. The van der Waals surface area contributed by atoms with Gasteiger partial charge in [0.25, 0.3) is 0 Å². The number of phosphoric ester groups is 2. The molecule has 0 aliphatic heterocycles. The molecule has 0 aromatic carbocycles. The molecular formula is C68H132O17P2. The maximum atomic E-state index is 13.0. The average Bonchev–Trinajstić information content (AvgIpc) is 3.69. The van der Waals surface area contributed by atoms with Gasteiger partial charge in [-0.1, -0.05) is 292 Å². The van der Waals surface area contributed by atoms with Crippen LogP contribution in [0.4, 0.5) is 0 Å². The van der Waals surface area contributed by atoms with Crippen molar-refractivity contribution in [2.75, 3.05) is 39.6 Å². The summed E-state index contributed by atoms with van der Waals surface area (Å²) in [7, 11) is -9.89. The van der Waals surface area contributed by atoms with Crippen LogP contribution in [0.3, 0.4) is 0 Å². The molecule has 0 spiro atoms. The van der Waals surface area contributed by atoms with Gasteiger partial charge in [-0.25, -0.2) is 9.13 Å². The number of carbonyl (C=O) groups excluding carboxylic acids is 4. The van der Waals surface area contributed by atoms with Crippen LogP contribution < -0.4 is 0 Å². The van der Waals surface area contributed by atoms with Crippen LogP contribution in [0.1, 0.15) is 343 Å². The van der Waals surface area contributed by atoms with E-state index in [0.29, 0.717) is 25.7 Å². The van der Waals surface area contributed by atoms with Crippen molar-refractivity contribution in [3.63, 3.8) is 0 Å². The monoisotopic (exact) mass is 1280 g/mol. The van der Waals surface area contributed by atoms with Gasteiger partial charge in [-0.05, 0) is 37.5 Å². The van der Waals surface area contributed by atoms with Gasteiger partial charge < -0.3 is 33.8 Å². The maximum absolute atomic E-state index is 13.0. The molecule has 0 aromatic heterocycles. The van der Waals surface area contributed by atoms with E-state index in [1.54, 1.807) is 0 Å². The summed E-state index contributed by atoms with van der Waals surface area (Å²) in [6, 6.07) is 0. The first-order valence-corrected chi connectivity index (χ1v) is 38.5. The van der Waals surface area contributed by atoms with Gasteiger partial charge in [0, 0.05) is 25.7 Å². The summed E-state index contributed by atoms with van der Waals surface area (Å²) in [6.45, 7) is 9.46. The fourth-order valence-electron chi connectivity index (χ4n) is 10.2. The smallest absolute Gasteiger partial charge is 0.462 e. The molecule has 0 saturated heterocycles. The van der Waals surface area contributed by atoms with E-state index in [-0.39, 0.29) is 25.7 Å². The molecule has 6 atom stereocenters. The summed E-state index contributed by atoms with van der Waals surface area (Å²) in [5.41, 5.74) is 0. The molecule has 0 amide bonds. The lowest BCUT2D eigenvalue weighted by molar-refractivity contribution is -0.161. The van der Waals surface area contributed by atoms with Crippen molar-refractivity contribution in [2.45, 2.75) is 362 Å². The second kappa shape index (κ2) is 60.3. The summed E-state index contributed by atoms with van der Waals surface area (Å²) in [5.74, 6) is -0.581.